The third-order valence-electron chi connectivity index (χ3n) is 5.48. The van der Waals surface area contributed by atoms with E-state index in [9.17, 15) is 14.7 Å². The Bertz CT molecular complexity index is 722. The molecule has 1 aliphatic heterocycles. The van der Waals surface area contributed by atoms with Gasteiger partial charge in [0.2, 0.25) is 5.95 Å². The molecule has 2 aliphatic rings. The standard InChI is InChI=1S/C19H31N7O3/c1-2-21-19(29)26-8-6-12(7-9-26)24-18-22-11-15(16(20)28)17(25-18)23-13-4-3-5-14(27)10-13/h11-14,27H,2-10H2,1H3,(H2,20,28)(H,21,29)(H2,22,23,24,25)/t13?,14-/m0/s1. The lowest BCUT2D eigenvalue weighted by Gasteiger charge is -2.32. The number of aromatic nitrogens is 2. The summed E-state index contributed by atoms with van der Waals surface area (Å²) in [6.07, 6.45) is 5.91. The number of urea groups is 1. The molecular weight excluding hydrogens is 374 g/mol. The molecule has 1 saturated heterocycles. The van der Waals surface area contributed by atoms with Gasteiger partial charge in [-0.25, -0.2) is 9.78 Å². The summed E-state index contributed by atoms with van der Waals surface area (Å²) in [6, 6.07) is 0.151. The van der Waals surface area contributed by atoms with Gasteiger partial charge in [-0.2, -0.15) is 4.98 Å². The fourth-order valence-corrected chi connectivity index (χ4v) is 3.90. The van der Waals surface area contributed by atoms with Crippen LogP contribution in [0.2, 0.25) is 0 Å². The maximum absolute atomic E-state index is 11.9. The van der Waals surface area contributed by atoms with Crippen molar-refractivity contribution < 1.29 is 14.7 Å². The van der Waals surface area contributed by atoms with E-state index in [-0.39, 0.29) is 29.8 Å². The molecule has 1 aliphatic carbocycles. The highest BCUT2D eigenvalue weighted by Gasteiger charge is 2.25. The van der Waals surface area contributed by atoms with Crippen molar-refractivity contribution in [1.29, 1.82) is 0 Å². The van der Waals surface area contributed by atoms with Crippen LogP contribution in [0.5, 0.6) is 0 Å². The minimum absolute atomic E-state index is 0.0332. The molecule has 29 heavy (non-hydrogen) atoms. The van der Waals surface area contributed by atoms with E-state index in [1.165, 1.54) is 6.20 Å². The summed E-state index contributed by atoms with van der Waals surface area (Å²) in [5, 5.41) is 19.3. The van der Waals surface area contributed by atoms with Crippen LogP contribution in [0.1, 0.15) is 55.8 Å². The van der Waals surface area contributed by atoms with Crippen LogP contribution in [0.25, 0.3) is 0 Å². The average molecular weight is 406 g/mol. The molecule has 1 saturated carbocycles. The van der Waals surface area contributed by atoms with Crippen molar-refractivity contribution in [3.05, 3.63) is 11.8 Å². The first-order chi connectivity index (χ1) is 14.0. The van der Waals surface area contributed by atoms with Gasteiger partial charge >= 0.3 is 6.03 Å². The number of anilines is 2. The van der Waals surface area contributed by atoms with Crippen molar-refractivity contribution >= 4 is 23.7 Å². The van der Waals surface area contributed by atoms with E-state index in [1.54, 1.807) is 4.90 Å². The first-order valence-corrected chi connectivity index (χ1v) is 10.4. The minimum atomic E-state index is -0.592. The van der Waals surface area contributed by atoms with E-state index < -0.39 is 5.91 Å². The van der Waals surface area contributed by atoms with Crippen molar-refractivity contribution in [1.82, 2.24) is 20.2 Å². The summed E-state index contributed by atoms with van der Waals surface area (Å²) in [7, 11) is 0. The Balaban J connectivity index is 1.63. The van der Waals surface area contributed by atoms with Gasteiger partial charge in [-0.05, 0) is 45.4 Å². The Hall–Kier alpha value is -2.62. The van der Waals surface area contributed by atoms with Gasteiger partial charge in [0.1, 0.15) is 5.82 Å². The fraction of sp³-hybridized carbons (Fsp3) is 0.684. The summed E-state index contributed by atoms with van der Waals surface area (Å²) >= 11 is 0. The SMILES string of the molecule is CCNC(=O)N1CCC(Nc2ncc(C(N)=O)c(NC3CCC[C@H](O)C3)n2)CC1. The van der Waals surface area contributed by atoms with Crippen molar-refractivity contribution in [2.24, 2.45) is 5.73 Å². The second-order valence-electron chi connectivity index (χ2n) is 7.72. The lowest BCUT2D eigenvalue weighted by atomic mass is 9.93. The van der Waals surface area contributed by atoms with E-state index in [0.29, 0.717) is 37.8 Å². The Kier molecular flexibility index (Phi) is 7.08. The Morgan fingerprint density at radius 1 is 1.21 bits per heavy atom. The number of nitrogens with one attached hydrogen (secondary N) is 3. The monoisotopic (exact) mass is 405 g/mol. The molecule has 10 heteroatoms. The number of rotatable bonds is 6. The molecule has 2 atom stereocenters. The van der Waals surface area contributed by atoms with Gasteiger partial charge in [-0.1, -0.05) is 0 Å². The third-order valence-corrected chi connectivity index (χ3v) is 5.48. The highest BCUT2D eigenvalue weighted by atomic mass is 16.3. The first kappa shape index (κ1) is 21.1. The highest BCUT2D eigenvalue weighted by molar-refractivity contribution is 5.97. The van der Waals surface area contributed by atoms with Crippen LogP contribution in [0, 0.1) is 0 Å². The lowest BCUT2D eigenvalue weighted by molar-refractivity contribution is 0.100. The average Bonchev–Trinajstić information content (AvgIpc) is 2.69. The van der Waals surface area contributed by atoms with Crippen molar-refractivity contribution in [2.75, 3.05) is 30.3 Å². The Morgan fingerprint density at radius 2 is 1.97 bits per heavy atom. The number of piperidine rings is 1. The van der Waals surface area contributed by atoms with E-state index in [2.05, 4.69) is 25.9 Å². The van der Waals surface area contributed by atoms with Crippen molar-refractivity contribution in [3.8, 4) is 0 Å². The fourth-order valence-electron chi connectivity index (χ4n) is 3.90. The van der Waals surface area contributed by atoms with Gasteiger partial charge in [0.15, 0.2) is 0 Å². The maximum Gasteiger partial charge on any atom is 0.317 e. The predicted molar refractivity (Wildman–Crippen MR) is 110 cm³/mol. The van der Waals surface area contributed by atoms with E-state index in [1.807, 2.05) is 6.92 Å². The molecule has 0 aromatic carbocycles. The number of hydrogen-bond acceptors (Lipinski definition) is 7. The van der Waals surface area contributed by atoms with Gasteiger partial charge in [-0.3, -0.25) is 4.79 Å². The quantitative estimate of drug-likeness (QED) is 0.472. The number of primary amides is 1. The molecule has 1 aromatic heterocycles. The molecule has 160 valence electrons. The number of likely N-dealkylation sites (tertiary alicyclic amines) is 1. The number of carbonyl (C=O) groups excluding carboxylic acids is 2. The normalized spacial score (nSPS) is 22.8. The number of nitrogens with zero attached hydrogens (tertiary/aromatic N) is 3. The third kappa shape index (κ3) is 5.69. The molecule has 6 N–H and O–H groups in total. The summed E-state index contributed by atoms with van der Waals surface area (Å²) in [6.45, 7) is 3.84. The second kappa shape index (κ2) is 9.73. The minimum Gasteiger partial charge on any atom is -0.393 e. The predicted octanol–water partition coefficient (Wildman–Crippen LogP) is 0.897. The number of carbonyl (C=O) groups is 2. The van der Waals surface area contributed by atoms with E-state index in [0.717, 1.165) is 32.1 Å². The van der Waals surface area contributed by atoms with E-state index >= 15 is 0 Å². The Morgan fingerprint density at radius 3 is 2.62 bits per heavy atom. The molecular formula is C19H31N7O3. The molecule has 0 bridgehead atoms. The summed E-state index contributed by atoms with van der Waals surface area (Å²) in [4.78, 5) is 34.2. The molecule has 1 aromatic rings. The largest absolute Gasteiger partial charge is 0.393 e. The zero-order valence-electron chi connectivity index (χ0n) is 16.9. The van der Waals surface area contributed by atoms with Crippen LogP contribution in [-0.2, 0) is 0 Å². The van der Waals surface area contributed by atoms with Crippen LogP contribution in [0.15, 0.2) is 6.20 Å². The number of amides is 3. The number of aliphatic hydroxyl groups excluding tert-OH is 1. The Labute approximate surface area is 170 Å². The number of aliphatic hydroxyl groups is 1. The zero-order valence-corrected chi connectivity index (χ0v) is 16.9. The van der Waals surface area contributed by atoms with Gasteiger partial charge in [-0.15, -0.1) is 0 Å². The van der Waals surface area contributed by atoms with Crippen molar-refractivity contribution in [3.63, 3.8) is 0 Å². The number of hydrogen-bond donors (Lipinski definition) is 5. The number of nitrogens with two attached hydrogens (primary N) is 1. The van der Waals surface area contributed by atoms with Crippen LogP contribution >= 0.6 is 0 Å². The van der Waals surface area contributed by atoms with Gasteiger partial charge in [0.05, 0.1) is 11.7 Å². The van der Waals surface area contributed by atoms with Gasteiger partial charge in [0, 0.05) is 37.9 Å². The molecule has 1 unspecified atom stereocenters. The summed E-state index contributed by atoms with van der Waals surface area (Å²) in [5.41, 5.74) is 5.72. The smallest absolute Gasteiger partial charge is 0.317 e. The summed E-state index contributed by atoms with van der Waals surface area (Å²) < 4.78 is 0. The second-order valence-corrected chi connectivity index (χ2v) is 7.72. The zero-order chi connectivity index (χ0) is 20.8. The van der Waals surface area contributed by atoms with Gasteiger partial charge < -0.3 is 31.7 Å². The summed E-state index contributed by atoms with van der Waals surface area (Å²) in [5.74, 6) is 0.227. The molecule has 2 heterocycles. The molecule has 3 rings (SSSR count). The van der Waals surface area contributed by atoms with Crippen LogP contribution < -0.4 is 21.7 Å². The topological polar surface area (TPSA) is 146 Å². The van der Waals surface area contributed by atoms with Gasteiger partial charge in [0.25, 0.3) is 5.91 Å². The molecule has 0 radical (unpaired) electrons. The molecule has 0 spiro atoms. The lowest BCUT2D eigenvalue weighted by Crippen LogP contribution is -2.46. The maximum atomic E-state index is 11.9. The molecule has 3 amide bonds. The van der Waals surface area contributed by atoms with E-state index in [4.69, 9.17) is 5.73 Å². The first-order valence-electron chi connectivity index (χ1n) is 10.4. The highest BCUT2D eigenvalue weighted by Crippen LogP contribution is 2.24. The molecule has 10 nitrogen and oxygen atoms in total. The molecule has 2 fully saturated rings. The van der Waals surface area contributed by atoms with Crippen LogP contribution in [0.4, 0.5) is 16.6 Å². The van der Waals surface area contributed by atoms with Crippen molar-refractivity contribution in [2.45, 2.75) is 63.6 Å². The van der Waals surface area contributed by atoms with Crippen LogP contribution in [-0.4, -0.2) is 69.7 Å². The van der Waals surface area contributed by atoms with Crippen LogP contribution in [0.3, 0.4) is 0 Å².